The van der Waals surface area contributed by atoms with Gasteiger partial charge < -0.3 is 22.3 Å². The van der Waals surface area contributed by atoms with E-state index >= 15 is 0 Å². The van der Waals surface area contributed by atoms with Gasteiger partial charge in [0.2, 0.25) is 0 Å². The highest BCUT2D eigenvalue weighted by Crippen LogP contribution is 2.14. The Bertz CT molecular complexity index is 278. The van der Waals surface area contributed by atoms with Crippen molar-refractivity contribution < 1.29 is 5.11 Å². The van der Waals surface area contributed by atoms with Crippen LogP contribution in [0.25, 0.3) is 0 Å². The van der Waals surface area contributed by atoms with Gasteiger partial charge in [-0.2, -0.15) is 0 Å². The smallest absolute Gasteiger partial charge is 0.117 e. The first-order chi connectivity index (χ1) is 7.08. The van der Waals surface area contributed by atoms with Gasteiger partial charge in [-0.3, -0.25) is 0 Å². The normalized spacial score (nSPS) is 24.4. The molecular formula is C11H19N3O. The fraction of sp³-hybridized carbons (Fsp3) is 0.455. The van der Waals surface area contributed by atoms with E-state index in [1.807, 2.05) is 0 Å². The highest BCUT2D eigenvalue weighted by molar-refractivity contribution is 5.42. The lowest BCUT2D eigenvalue weighted by Gasteiger charge is -1.97. The van der Waals surface area contributed by atoms with Gasteiger partial charge >= 0.3 is 0 Å². The van der Waals surface area contributed by atoms with Gasteiger partial charge in [-0.1, -0.05) is 6.07 Å². The molecule has 2 unspecified atom stereocenters. The number of rotatable bonds is 0. The zero-order valence-electron chi connectivity index (χ0n) is 8.76. The molecule has 0 aromatic heterocycles. The third-order valence-electron chi connectivity index (χ3n) is 2.38. The van der Waals surface area contributed by atoms with E-state index in [1.54, 1.807) is 18.2 Å². The number of phenols is 1. The molecule has 2 rings (SSSR count). The molecule has 0 spiro atoms. The topological polar surface area (TPSA) is 98.3 Å². The summed E-state index contributed by atoms with van der Waals surface area (Å²) in [5.74, 6) is 0.213. The number of aromatic hydroxyl groups is 1. The van der Waals surface area contributed by atoms with Crippen LogP contribution in [0.2, 0.25) is 0 Å². The second-order valence-electron chi connectivity index (χ2n) is 3.93. The minimum atomic E-state index is 0.213. The molecule has 2 atom stereocenters. The molecule has 0 saturated heterocycles. The Morgan fingerprint density at radius 3 is 2.00 bits per heavy atom. The molecule has 7 N–H and O–H groups in total. The number of nitrogen functional groups attached to an aromatic ring is 1. The first kappa shape index (κ1) is 11.8. The van der Waals surface area contributed by atoms with Crippen molar-refractivity contribution in [1.29, 1.82) is 0 Å². The molecule has 0 amide bonds. The fourth-order valence-corrected chi connectivity index (χ4v) is 1.58. The van der Waals surface area contributed by atoms with E-state index in [-0.39, 0.29) is 5.75 Å². The molecule has 1 saturated carbocycles. The standard InChI is InChI=1S/C6H7NO.C5H12N2/c7-5-2-1-3-6(8)4-5;6-4-1-2-5(7)3-4/h1-4,8H,7H2;4-5H,1-3,6-7H2. The molecule has 0 heterocycles. The first-order valence-electron chi connectivity index (χ1n) is 5.13. The zero-order chi connectivity index (χ0) is 11.3. The van der Waals surface area contributed by atoms with Crippen LogP contribution in [0, 0.1) is 0 Å². The highest BCUT2D eigenvalue weighted by atomic mass is 16.3. The maximum absolute atomic E-state index is 8.73. The van der Waals surface area contributed by atoms with Crippen molar-refractivity contribution in [3.8, 4) is 5.75 Å². The van der Waals surface area contributed by atoms with E-state index in [2.05, 4.69) is 0 Å². The zero-order valence-corrected chi connectivity index (χ0v) is 8.76. The van der Waals surface area contributed by atoms with Crippen molar-refractivity contribution in [1.82, 2.24) is 0 Å². The number of hydrogen-bond acceptors (Lipinski definition) is 4. The third kappa shape index (κ3) is 4.67. The Kier molecular flexibility index (Phi) is 4.39. The maximum Gasteiger partial charge on any atom is 0.117 e. The van der Waals surface area contributed by atoms with Crippen LogP contribution in [0.15, 0.2) is 24.3 Å². The lowest BCUT2D eigenvalue weighted by Crippen LogP contribution is -2.20. The van der Waals surface area contributed by atoms with Gasteiger partial charge in [0, 0.05) is 23.8 Å². The number of hydrogen-bond donors (Lipinski definition) is 4. The molecule has 84 valence electrons. The predicted molar refractivity (Wildman–Crippen MR) is 62.3 cm³/mol. The van der Waals surface area contributed by atoms with Crippen molar-refractivity contribution in [2.45, 2.75) is 31.3 Å². The van der Waals surface area contributed by atoms with E-state index in [9.17, 15) is 0 Å². The summed E-state index contributed by atoms with van der Waals surface area (Å²) in [5, 5.41) is 8.73. The summed E-state index contributed by atoms with van der Waals surface area (Å²) in [6.07, 6.45) is 3.28. The lowest BCUT2D eigenvalue weighted by atomic mass is 10.2. The van der Waals surface area contributed by atoms with Crippen LogP contribution in [0.5, 0.6) is 5.75 Å². The summed E-state index contributed by atoms with van der Waals surface area (Å²) in [5.41, 5.74) is 17.0. The summed E-state index contributed by atoms with van der Waals surface area (Å²) < 4.78 is 0. The average molecular weight is 209 g/mol. The van der Waals surface area contributed by atoms with Gasteiger partial charge in [-0.05, 0) is 31.4 Å². The molecule has 4 heteroatoms. The Hall–Kier alpha value is -1.26. The van der Waals surface area contributed by atoms with Crippen LogP contribution in [-0.4, -0.2) is 17.2 Å². The van der Waals surface area contributed by atoms with Crippen molar-refractivity contribution in [2.24, 2.45) is 11.5 Å². The fourth-order valence-electron chi connectivity index (χ4n) is 1.58. The lowest BCUT2D eigenvalue weighted by molar-refractivity contribution is 0.475. The molecule has 1 aliphatic carbocycles. The number of benzene rings is 1. The van der Waals surface area contributed by atoms with E-state index in [0.29, 0.717) is 17.8 Å². The van der Waals surface area contributed by atoms with Crippen LogP contribution in [0.3, 0.4) is 0 Å². The Balaban J connectivity index is 0.000000151. The first-order valence-corrected chi connectivity index (χ1v) is 5.13. The van der Waals surface area contributed by atoms with Crippen molar-refractivity contribution >= 4 is 5.69 Å². The molecule has 4 nitrogen and oxygen atoms in total. The third-order valence-corrected chi connectivity index (χ3v) is 2.38. The quantitative estimate of drug-likeness (QED) is 0.475. The minimum absolute atomic E-state index is 0.213. The Labute approximate surface area is 90.1 Å². The van der Waals surface area contributed by atoms with E-state index in [0.717, 1.165) is 19.3 Å². The van der Waals surface area contributed by atoms with Crippen LogP contribution in [-0.2, 0) is 0 Å². The molecule has 0 bridgehead atoms. The van der Waals surface area contributed by atoms with Crippen LogP contribution >= 0.6 is 0 Å². The van der Waals surface area contributed by atoms with Gasteiger partial charge in [0.25, 0.3) is 0 Å². The van der Waals surface area contributed by atoms with Gasteiger partial charge in [0.1, 0.15) is 5.75 Å². The van der Waals surface area contributed by atoms with Gasteiger partial charge in [-0.25, -0.2) is 0 Å². The van der Waals surface area contributed by atoms with Crippen LogP contribution < -0.4 is 17.2 Å². The molecule has 1 aliphatic rings. The average Bonchev–Trinajstić information content (AvgIpc) is 2.50. The number of nitrogens with two attached hydrogens (primary N) is 3. The molecular weight excluding hydrogens is 190 g/mol. The second-order valence-corrected chi connectivity index (χ2v) is 3.93. The largest absolute Gasteiger partial charge is 0.508 e. The minimum Gasteiger partial charge on any atom is -0.508 e. The monoisotopic (exact) mass is 209 g/mol. The molecule has 1 aromatic rings. The van der Waals surface area contributed by atoms with E-state index < -0.39 is 0 Å². The van der Waals surface area contributed by atoms with E-state index in [4.69, 9.17) is 22.3 Å². The van der Waals surface area contributed by atoms with Gasteiger partial charge in [-0.15, -0.1) is 0 Å². The maximum atomic E-state index is 8.73. The van der Waals surface area contributed by atoms with Crippen LogP contribution in [0.1, 0.15) is 19.3 Å². The molecule has 0 aliphatic heterocycles. The van der Waals surface area contributed by atoms with Crippen molar-refractivity contribution in [3.05, 3.63) is 24.3 Å². The molecule has 1 aromatic carbocycles. The summed E-state index contributed by atoms with van der Waals surface area (Å²) >= 11 is 0. The van der Waals surface area contributed by atoms with Gasteiger partial charge in [0.05, 0.1) is 0 Å². The van der Waals surface area contributed by atoms with Gasteiger partial charge in [0.15, 0.2) is 0 Å². The SMILES string of the molecule is NC1CCC(N)C1.Nc1cccc(O)c1. The second kappa shape index (κ2) is 5.58. The summed E-state index contributed by atoms with van der Waals surface area (Å²) in [4.78, 5) is 0. The van der Waals surface area contributed by atoms with E-state index in [1.165, 1.54) is 6.07 Å². The van der Waals surface area contributed by atoms with Crippen LogP contribution in [0.4, 0.5) is 5.69 Å². The Morgan fingerprint density at radius 1 is 1.13 bits per heavy atom. The molecule has 1 fully saturated rings. The van der Waals surface area contributed by atoms with Crippen molar-refractivity contribution in [2.75, 3.05) is 5.73 Å². The predicted octanol–water partition coefficient (Wildman–Crippen LogP) is 0.799. The molecule has 0 radical (unpaired) electrons. The Morgan fingerprint density at radius 2 is 1.73 bits per heavy atom. The molecule has 15 heavy (non-hydrogen) atoms. The number of phenolic OH excluding ortho intramolecular Hbond substituents is 1. The summed E-state index contributed by atoms with van der Waals surface area (Å²) in [6, 6.07) is 7.30. The highest BCUT2D eigenvalue weighted by Gasteiger charge is 2.16. The number of anilines is 1. The van der Waals surface area contributed by atoms with Crippen molar-refractivity contribution in [3.63, 3.8) is 0 Å². The summed E-state index contributed by atoms with van der Waals surface area (Å²) in [6.45, 7) is 0. The summed E-state index contributed by atoms with van der Waals surface area (Å²) in [7, 11) is 0.